The molecule has 1 aliphatic carbocycles. The normalized spacial score (nSPS) is 25.8. The summed E-state index contributed by atoms with van der Waals surface area (Å²) in [4.78, 5) is 0. The summed E-state index contributed by atoms with van der Waals surface area (Å²) in [6, 6.07) is 0. The SMILES string of the molecule is CC(C)CCCCCCCCCCCC1CCC(O)CC1O. The van der Waals surface area contributed by atoms with E-state index in [9.17, 15) is 10.2 Å². The summed E-state index contributed by atoms with van der Waals surface area (Å²) in [6.45, 7) is 4.63. The van der Waals surface area contributed by atoms with Gasteiger partial charge >= 0.3 is 0 Å². The molecular weight excluding hydrogens is 272 g/mol. The van der Waals surface area contributed by atoms with E-state index in [1.54, 1.807) is 0 Å². The van der Waals surface area contributed by atoms with E-state index >= 15 is 0 Å². The van der Waals surface area contributed by atoms with Crippen molar-refractivity contribution in [3.63, 3.8) is 0 Å². The third-order valence-electron chi connectivity index (χ3n) is 5.28. The van der Waals surface area contributed by atoms with Gasteiger partial charge in [-0.3, -0.25) is 0 Å². The molecule has 0 amide bonds. The van der Waals surface area contributed by atoms with E-state index in [0.717, 1.165) is 25.2 Å². The second-order valence-corrected chi connectivity index (χ2v) is 7.95. The van der Waals surface area contributed by atoms with Crippen molar-refractivity contribution in [3.05, 3.63) is 0 Å². The van der Waals surface area contributed by atoms with E-state index in [1.165, 1.54) is 64.2 Å². The molecule has 2 N–H and O–H groups in total. The Morgan fingerprint density at radius 3 is 1.86 bits per heavy atom. The molecule has 1 fully saturated rings. The molecule has 0 aromatic heterocycles. The standard InChI is InChI=1S/C20H40O2/c1-17(2)12-10-8-6-4-3-5-7-9-11-13-18-14-15-19(21)16-20(18)22/h17-22H,3-16H2,1-2H3. The van der Waals surface area contributed by atoms with E-state index in [0.29, 0.717) is 12.3 Å². The topological polar surface area (TPSA) is 40.5 Å². The van der Waals surface area contributed by atoms with Crippen LogP contribution in [0.2, 0.25) is 0 Å². The van der Waals surface area contributed by atoms with Gasteiger partial charge in [-0.05, 0) is 37.5 Å². The number of rotatable bonds is 12. The van der Waals surface area contributed by atoms with E-state index in [2.05, 4.69) is 13.8 Å². The predicted molar refractivity (Wildman–Crippen MR) is 95.0 cm³/mol. The molecule has 0 saturated heterocycles. The van der Waals surface area contributed by atoms with Gasteiger partial charge in [0.1, 0.15) is 0 Å². The Morgan fingerprint density at radius 2 is 1.32 bits per heavy atom. The minimum absolute atomic E-state index is 0.255. The lowest BCUT2D eigenvalue weighted by atomic mass is 9.82. The van der Waals surface area contributed by atoms with Crippen LogP contribution in [0.5, 0.6) is 0 Å². The molecule has 2 heteroatoms. The van der Waals surface area contributed by atoms with Crippen LogP contribution in [0.15, 0.2) is 0 Å². The van der Waals surface area contributed by atoms with Crippen molar-refractivity contribution in [2.75, 3.05) is 0 Å². The second kappa shape index (κ2) is 12.4. The summed E-state index contributed by atoms with van der Waals surface area (Å²) in [6.07, 6.45) is 16.9. The van der Waals surface area contributed by atoms with Gasteiger partial charge in [-0.1, -0.05) is 78.1 Å². The van der Waals surface area contributed by atoms with Crippen LogP contribution < -0.4 is 0 Å². The Hall–Kier alpha value is -0.0800. The van der Waals surface area contributed by atoms with Crippen LogP contribution in [0.3, 0.4) is 0 Å². The molecule has 0 radical (unpaired) electrons. The molecule has 2 nitrogen and oxygen atoms in total. The van der Waals surface area contributed by atoms with Crippen LogP contribution in [0, 0.1) is 11.8 Å². The minimum Gasteiger partial charge on any atom is -0.393 e. The molecule has 3 unspecified atom stereocenters. The largest absolute Gasteiger partial charge is 0.393 e. The molecule has 1 rings (SSSR count). The van der Waals surface area contributed by atoms with Gasteiger partial charge < -0.3 is 10.2 Å². The number of unbranched alkanes of at least 4 members (excludes halogenated alkanes) is 8. The molecule has 0 aliphatic heterocycles. The molecule has 0 aromatic carbocycles. The first-order valence-electron chi connectivity index (χ1n) is 9.95. The average molecular weight is 313 g/mol. The summed E-state index contributed by atoms with van der Waals surface area (Å²) in [7, 11) is 0. The zero-order chi connectivity index (χ0) is 16.2. The first-order valence-corrected chi connectivity index (χ1v) is 9.95. The smallest absolute Gasteiger partial charge is 0.0593 e. The maximum atomic E-state index is 9.96. The van der Waals surface area contributed by atoms with Crippen LogP contribution in [-0.2, 0) is 0 Å². The Kier molecular flexibility index (Phi) is 11.2. The summed E-state index contributed by atoms with van der Waals surface area (Å²) in [5, 5.41) is 19.5. The predicted octanol–water partition coefficient (Wildman–Crippen LogP) is 5.46. The van der Waals surface area contributed by atoms with Crippen molar-refractivity contribution in [1.82, 2.24) is 0 Å². The monoisotopic (exact) mass is 312 g/mol. The second-order valence-electron chi connectivity index (χ2n) is 7.95. The molecule has 1 saturated carbocycles. The van der Waals surface area contributed by atoms with Crippen molar-refractivity contribution in [3.8, 4) is 0 Å². The van der Waals surface area contributed by atoms with Crippen molar-refractivity contribution < 1.29 is 10.2 Å². The highest BCUT2D eigenvalue weighted by atomic mass is 16.3. The molecule has 0 aromatic rings. The lowest BCUT2D eigenvalue weighted by Crippen LogP contribution is -2.31. The lowest BCUT2D eigenvalue weighted by molar-refractivity contribution is -0.00228. The lowest BCUT2D eigenvalue weighted by Gasteiger charge is -2.30. The fourth-order valence-electron chi connectivity index (χ4n) is 3.72. The quantitative estimate of drug-likeness (QED) is 0.470. The van der Waals surface area contributed by atoms with Gasteiger partial charge in [0.25, 0.3) is 0 Å². The molecule has 0 spiro atoms. The highest BCUT2D eigenvalue weighted by Gasteiger charge is 2.27. The minimum atomic E-state index is -0.258. The summed E-state index contributed by atoms with van der Waals surface area (Å²) < 4.78 is 0. The van der Waals surface area contributed by atoms with Crippen molar-refractivity contribution in [1.29, 1.82) is 0 Å². The van der Waals surface area contributed by atoms with Crippen LogP contribution >= 0.6 is 0 Å². The third-order valence-corrected chi connectivity index (χ3v) is 5.28. The molecule has 3 atom stereocenters. The van der Waals surface area contributed by atoms with Gasteiger partial charge in [0.15, 0.2) is 0 Å². The zero-order valence-electron chi connectivity index (χ0n) is 15.1. The molecular formula is C20H40O2. The van der Waals surface area contributed by atoms with Gasteiger partial charge in [-0.15, -0.1) is 0 Å². The van der Waals surface area contributed by atoms with Crippen LogP contribution in [0.1, 0.15) is 104 Å². The number of hydrogen-bond donors (Lipinski definition) is 2. The van der Waals surface area contributed by atoms with E-state index in [4.69, 9.17) is 0 Å². The van der Waals surface area contributed by atoms with Crippen molar-refractivity contribution in [2.45, 2.75) is 116 Å². The highest BCUT2D eigenvalue weighted by molar-refractivity contribution is 4.79. The van der Waals surface area contributed by atoms with Crippen LogP contribution in [0.25, 0.3) is 0 Å². The number of aliphatic hydroxyl groups is 2. The van der Waals surface area contributed by atoms with E-state index in [1.807, 2.05) is 0 Å². The highest BCUT2D eigenvalue weighted by Crippen LogP contribution is 2.29. The molecule has 1 aliphatic rings. The van der Waals surface area contributed by atoms with E-state index < -0.39 is 0 Å². The summed E-state index contributed by atoms with van der Waals surface area (Å²) >= 11 is 0. The molecule has 0 bridgehead atoms. The molecule has 132 valence electrons. The average Bonchev–Trinajstić information content (AvgIpc) is 2.46. The molecule has 0 heterocycles. The maximum Gasteiger partial charge on any atom is 0.0593 e. The third kappa shape index (κ3) is 9.84. The van der Waals surface area contributed by atoms with Crippen molar-refractivity contribution in [2.24, 2.45) is 11.8 Å². The van der Waals surface area contributed by atoms with Crippen molar-refractivity contribution >= 4 is 0 Å². The van der Waals surface area contributed by atoms with Gasteiger partial charge in [-0.2, -0.15) is 0 Å². The molecule has 22 heavy (non-hydrogen) atoms. The maximum absolute atomic E-state index is 9.96. The van der Waals surface area contributed by atoms with Gasteiger partial charge in [0.05, 0.1) is 12.2 Å². The first-order chi connectivity index (χ1) is 10.6. The number of aliphatic hydroxyl groups excluding tert-OH is 2. The van der Waals surface area contributed by atoms with Gasteiger partial charge in [0.2, 0.25) is 0 Å². The fourth-order valence-corrected chi connectivity index (χ4v) is 3.72. The first kappa shape index (κ1) is 20.0. The Labute approximate surface area is 138 Å². The Bertz CT molecular complexity index is 252. The van der Waals surface area contributed by atoms with Gasteiger partial charge in [0, 0.05) is 0 Å². The van der Waals surface area contributed by atoms with Crippen LogP contribution in [-0.4, -0.2) is 22.4 Å². The van der Waals surface area contributed by atoms with E-state index in [-0.39, 0.29) is 12.2 Å². The summed E-state index contributed by atoms with van der Waals surface area (Å²) in [5.41, 5.74) is 0. The summed E-state index contributed by atoms with van der Waals surface area (Å²) in [5.74, 6) is 1.32. The van der Waals surface area contributed by atoms with Gasteiger partial charge in [-0.25, -0.2) is 0 Å². The fraction of sp³-hybridized carbons (Fsp3) is 1.00. The Morgan fingerprint density at radius 1 is 0.773 bits per heavy atom. The Balaban J connectivity index is 1.82. The zero-order valence-corrected chi connectivity index (χ0v) is 15.1. The van der Waals surface area contributed by atoms with Crippen LogP contribution in [0.4, 0.5) is 0 Å². The number of hydrogen-bond acceptors (Lipinski definition) is 2.